The van der Waals surface area contributed by atoms with E-state index in [9.17, 15) is 5.11 Å². The second kappa shape index (κ2) is 6.67. The largest absolute Gasteiger partial charge is 0.391 e. The summed E-state index contributed by atoms with van der Waals surface area (Å²) < 4.78 is 0. The van der Waals surface area contributed by atoms with Crippen LogP contribution >= 0.6 is 35.6 Å². The first-order valence-electron chi connectivity index (χ1n) is 4.82. The second-order valence-electron chi connectivity index (χ2n) is 3.93. The quantitative estimate of drug-likeness (QED) is 0.893. The van der Waals surface area contributed by atoms with E-state index < -0.39 is 12.1 Å². The van der Waals surface area contributed by atoms with E-state index in [-0.39, 0.29) is 18.3 Å². The zero-order chi connectivity index (χ0) is 11.6. The van der Waals surface area contributed by atoms with Crippen molar-refractivity contribution in [1.82, 2.24) is 0 Å². The molecule has 0 bridgehead atoms. The molecule has 0 aromatic heterocycles. The van der Waals surface area contributed by atoms with Crippen LogP contribution in [0.5, 0.6) is 0 Å². The Morgan fingerprint density at radius 3 is 2.25 bits per heavy atom. The van der Waals surface area contributed by atoms with Gasteiger partial charge < -0.3 is 10.8 Å². The molecule has 0 fully saturated rings. The fraction of sp³-hybridized carbons (Fsp3) is 0.455. The second-order valence-corrected chi connectivity index (χ2v) is 4.77. The van der Waals surface area contributed by atoms with Gasteiger partial charge in [0.25, 0.3) is 0 Å². The van der Waals surface area contributed by atoms with E-state index >= 15 is 0 Å². The predicted molar refractivity (Wildman–Crippen MR) is 71.5 cm³/mol. The van der Waals surface area contributed by atoms with Crippen molar-refractivity contribution in [3.63, 3.8) is 0 Å². The van der Waals surface area contributed by atoms with Crippen molar-refractivity contribution >= 4 is 35.6 Å². The molecule has 1 rings (SSSR count). The highest BCUT2D eigenvalue weighted by molar-refractivity contribution is 6.35. The summed E-state index contributed by atoms with van der Waals surface area (Å²) in [6.07, 6.45) is -0.608. The van der Waals surface area contributed by atoms with Crippen LogP contribution in [-0.4, -0.2) is 11.2 Å². The van der Waals surface area contributed by atoms with Gasteiger partial charge in [-0.1, -0.05) is 43.1 Å². The highest BCUT2D eigenvalue weighted by Gasteiger charge is 2.21. The average molecular weight is 285 g/mol. The minimum Gasteiger partial charge on any atom is -0.391 e. The summed E-state index contributed by atoms with van der Waals surface area (Å²) in [5.74, 6) is 0.0896. The van der Waals surface area contributed by atoms with Gasteiger partial charge in [-0.15, -0.1) is 12.4 Å². The van der Waals surface area contributed by atoms with Gasteiger partial charge in [0, 0.05) is 10.0 Å². The van der Waals surface area contributed by atoms with Gasteiger partial charge in [-0.3, -0.25) is 0 Å². The molecule has 0 aliphatic carbocycles. The third-order valence-electron chi connectivity index (χ3n) is 2.37. The van der Waals surface area contributed by atoms with Gasteiger partial charge in [-0.2, -0.15) is 0 Å². The lowest BCUT2D eigenvalue weighted by Gasteiger charge is -2.23. The SMILES string of the molecule is CC(C)[C@H](O)[C@H](N)c1ccc(Cl)cc1Cl.Cl. The Balaban J connectivity index is 0.00000225. The first-order valence-corrected chi connectivity index (χ1v) is 5.57. The summed E-state index contributed by atoms with van der Waals surface area (Å²) in [7, 11) is 0. The Hall–Kier alpha value is 0.01000. The van der Waals surface area contributed by atoms with Crippen LogP contribution in [0, 0.1) is 5.92 Å². The molecule has 16 heavy (non-hydrogen) atoms. The molecule has 0 radical (unpaired) electrons. The monoisotopic (exact) mass is 283 g/mol. The Morgan fingerprint density at radius 1 is 1.25 bits per heavy atom. The van der Waals surface area contributed by atoms with Crippen LogP contribution in [0.15, 0.2) is 18.2 Å². The van der Waals surface area contributed by atoms with E-state index in [1.807, 2.05) is 13.8 Å². The van der Waals surface area contributed by atoms with Crippen LogP contribution in [0.25, 0.3) is 0 Å². The van der Waals surface area contributed by atoms with Gasteiger partial charge in [-0.25, -0.2) is 0 Å². The summed E-state index contributed by atoms with van der Waals surface area (Å²) >= 11 is 11.8. The fourth-order valence-corrected chi connectivity index (χ4v) is 1.90. The van der Waals surface area contributed by atoms with Crippen LogP contribution in [0.1, 0.15) is 25.5 Å². The highest BCUT2D eigenvalue weighted by Crippen LogP contribution is 2.28. The van der Waals surface area contributed by atoms with E-state index in [4.69, 9.17) is 28.9 Å². The van der Waals surface area contributed by atoms with Crippen LogP contribution < -0.4 is 5.73 Å². The highest BCUT2D eigenvalue weighted by atomic mass is 35.5. The van der Waals surface area contributed by atoms with Gasteiger partial charge in [0.2, 0.25) is 0 Å². The zero-order valence-corrected chi connectivity index (χ0v) is 11.5. The molecule has 5 heteroatoms. The van der Waals surface area contributed by atoms with Crippen molar-refractivity contribution in [2.45, 2.75) is 26.0 Å². The van der Waals surface area contributed by atoms with Crippen LogP contribution in [-0.2, 0) is 0 Å². The molecule has 0 spiro atoms. The smallest absolute Gasteiger partial charge is 0.0756 e. The number of rotatable bonds is 3. The minimum atomic E-state index is -0.608. The van der Waals surface area contributed by atoms with E-state index in [0.29, 0.717) is 10.0 Å². The number of hydrogen-bond donors (Lipinski definition) is 2. The molecule has 92 valence electrons. The molecule has 1 aromatic carbocycles. The van der Waals surface area contributed by atoms with Crippen molar-refractivity contribution in [3.8, 4) is 0 Å². The molecule has 0 unspecified atom stereocenters. The molecular weight excluding hydrogens is 268 g/mol. The Kier molecular flexibility index (Phi) is 6.68. The van der Waals surface area contributed by atoms with E-state index in [1.54, 1.807) is 18.2 Å². The first kappa shape index (κ1) is 16.0. The topological polar surface area (TPSA) is 46.2 Å². The maximum atomic E-state index is 9.83. The van der Waals surface area contributed by atoms with Crippen LogP contribution in [0.3, 0.4) is 0 Å². The summed E-state index contributed by atoms with van der Waals surface area (Å²) in [4.78, 5) is 0. The molecule has 0 saturated heterocycles. The molecule has 0 amide bonds. The number of nitrogens with two attached hydrogens (primary N) is 1. The summed E-state index contributed by atoms with van der Waals surface area (Å²) in [5.41, 5.74) is 6.64. The third-order valence-corrected chi connectivity index (χ3v) is 2.94. The number of halogens is 3. The third kappa shape index (κ3) is 3.79. The Bertz CT molecular complexity index is 344. The van der Waals surface area contributed by atoms with Crippen molar-refractivity contribution in [3.05, 3.63) is 33.8 Å². The van der Waals surface area contributed by atoms with E-state index in [1.165, 1.54) is 0 Å². The van der Waals surface area contributed by atoms with Crippen LogP contribution in [0.2, 0.25) is 10.0 Å². The van der Waals surface area contributed by atoms with E-state index in [2.05, 4.69) is 0 Å². The molecule has 0 heterocycles. The molecule has 2 atom stereocenters. The minimum absolute atomic E-state index is 0. The van der Waals surface area contributed by atoms with Gasteiger partial charge >= 0.3 is 0 Å². The normalized spacial score (nSPS) is 14.4. The number of benzene rings is 1. The van der Waals surface area contributed by atoms with Crippen molar-refractivity contribution in [2.75, 3.05) is 0 Å². The molecule has 1 aromatic rings. The Labute approximate surface area is 112 Å². The van der Waals surface area contributed by atoms with Crippen molar-refractivity contribution in [1.29, 1.82) is 0 Å². The van der Waals surface area contributed by atoms with Gasteiger partial charge in [-0.05, 0) is 23.6 Å². The molecular formula is C11H16Cl3NO. The van der Waals surface area contributed by atoms with Crippen molar-refractivity contribution in [2.24, 2.45) is 11.7 Å². The van der Waals surface area contributed by atoms with Gasteiger partial charge in [0.1, 0.15) is 0 Å². The summed E-state index contributed by atoms with van der Waals surface area (Å²) in [6, 6.07) is 4.62. The zero-order valence-electron chi connectivity index (χ0n) is 9.15. The first-order chi connectivity index (χ1) is 6.93. The molecule has 0 aliphatic heterocycles. The Morgan fingerprint density at radius 2 is 1.81 bits per heavy atom. The number of aliphatic hydroxyl groups excluding tert-OH is 1. The summed E-state index contributed by atoms with van der Waals surface area (Å²) in [5, 5.41) is 10.9. The standard InChI is InChI=1S/C11H15Cl2NO.ClH/c1-6(2)11(15)10(14)8-4-3-7(12)5-9(8)13;/h3-6,10-11,15H,14H2,1-2H3;1H/t10-,11+;/m1./s1. The van der Waals surface area contributed by atoms with Crippen molar-refractivity contribution < 1.29 is 5.11 Å². The predicted octanol–water partition coefficient (Wildman–Crippen LogP) is 3.43. The molecule has 3 N–H and O–H groups in total. The molecule has 0 aliphatic rings. The fourth-order valence-electron chi connectivity index (χ4n) is 1.37. The number of hydrogen-bond acceptors (Lipinski definition) is 2. The van der Waals surface area contributed by atoms with Crippen LogP contribution in [0.4, 0.5) is 0 Å². The van der Waals surface area contributed by atoms with Gasteiger partial charge in [0.15, 0.2) is 0 Å². The molecule has 0 saturated carbocycles. The maximum Gasteiger partial charge on any atom is 0.0756 e. The number of aliphatic hydroxyl groups is 1. The lowest BCUT2D eigenvalue weighted by atomic mass is 9.94. The lowest BCUT2D eigenvalue weighted by Crippen LogP contribution is -2.30. The summed E-state index contributed by atoms with van der Waals surface area (Å²) in [6.45, 7) is 3.82. The van der Waals surface area contributed by atoms with Gasteiger partial charge in [0.05, 0.1) is 12.1 Å². The molecule has 2 nitrogen and oxygen atoms in total. The average Bonchev–Trinajstić information content (AvgIpc) is 2.15. The maximum absolute atomic E-state index is 9.83. The lowest BCUT2D eigenvalue weighted by molar-refractivity contribution is 0.0980. The van der Waals surface area contributed by atoms with E-state index in [0.717, 1.165) is 5.56 Å².